The lowest BCUT2D eigenvalue weighted by Gasteiger charge is -2.38. The molecule has 0 aromatic rings. The molecule has 0 unspecified atom stereocenters. The van der Waals surface area contributed by atoms with Crippen molar-refractivity contribution in [2.24, 2.45) is 16.0 Å². The first-order valence-electron chi connectivity index (χ1n) is 6.27. The molecule has 1 saturated heterocycles. The predicted octanol–water partition coefficient (Wildman–Crippen LogP) is 1.81. The zero-order valence-corrected chi connectivity index (χ0v) is 11.0. The van der Waals surface area contributed by atoms with Crippen LogP contribution in [0.1, 0.15) is 25.7 Å². The van der Waals surface area contributed by atoms with Crippen molar-refractivity contribution in [3.05, 3.63) is 34.1 Å². The number of nitrogens with zero attached hydrogens (tertiary/aromatic N) is 4. The third-order valence-corrected chi connectivity index (χ3v) is 3.69. The van der Waals surface area contributed by atoms with E-state index in [0.29, 0.717) is 18.4 Å². The topological polar surface area (TPSA) is 117 Å². The molecule has 9 nitrogen and oxygen atoms in total. The van der Waals surface area contributed by atoms with Crippen LogP contribution in [0.25, 0.3) is 0 Å². The average molecular weight is 292 g/mol. The fraction of sp³-hybridized carbons (Fsp3) is 0.417. The number of nitroso groups, excluding NO2 is 2. The number of barbiturate groups is 1. The highest BCUT2D eigenvalue weighted by Crippen LogP contribution is 2.42. The number of carbonyl (C=O) groups excluding carboxylic acids is 3. The van der Waals surface area contributed by atoms with Crippen molar-refractivity contribution in [1.82, 2.24) is 10.0 Å². The molecule has 0 saturated carbocycles. The normalized spacial score (nSPS) is 21.9. The maximum Gasteiger partial charge on any atom is 0.380 e. The van der Waals surface area contributed by atoms with Crippen LogP contribution in [0.4, 0.5) is 4.79 Å². The van der Waals surface area contributed by atoms with Gasteiger partial charge in [0, 0.05) is 0 Å². The van der Waals surface area contributed by atoms with Gasteiger partial charge in [-0.3, -0.25) is 9.59 Å². The molecule has 1 heterocycles. The third-order valence-electron chi connectivity index (χ3n) is 3.69. The van der Waals surface area contributed by atoms with Gasteiger partial charge in [0.15, 0.2) is 5.41 Å². The maximum atomic E-state index is 12.4. The van der Waals surface area contributed by atoms with Gasteiger partial charge in [-0.05, 0) is 31.3 Å². The Morgan fingerprint density at radius 3 is 2.05 bits per heavy atom. The van der Waals surface area contributed by atoms with Crippen molar-refractivity contribution in [3.8, 4) is 0 Å². The summed E-state index contributed by atoms with van der Waals surface area (Å²) in [7, 11) is 0. The van der Waals surface area contributed by atoms with Crippen LogP contribution < -0.4 is 0 Å². The lowest BCUT2D eigenvalue weighted by molar-refractivity contribution is -0.153. The van der Waals surface area contributed by atoms with Crippen LogP contribution in [0.3, 0.4) is 0 Å². The van der Waals surface area contributed by atoms with Gasteiger partial charge < -0.3 is 0 Å². The van der Waals surface area contributed by atoms with E-state index in [1.54, 1.807) is 6.08 Å². The number of hydrogen-bond donors (Lipinski definition) is 0. The van der Waals surface area contributed by atoms with E-state index in [-0.39, 0.29) is 10.0 Å². The van der Waals surface area contributed by atoms with Crippen molar-refractivity contribution in [3.63, 3.8) is 0 Å². The number of carbonyl (C=O) groups is 3. The molecular weight excluding hydrogens is 280 g/mol. The van der Waals surface area contributed by atoms with Crippen LogP contribution in [-0.2, 0) is 9.59 Å². The van der Waals surface area contributed by atoms with E-state index in [2.05, 4.69) is 17.2 Å². The molecule has 9 heteroatoms. The first-order valence-corrected chi connectivity index (χ1v) is 6.27. The Balaban J connectivity index is 2.63. The minimum Gasteiger partial charge on any atom is -0.270 e. The lowest BCUT2D eigenvalue weighted by atomic mass is 9.73. The van der Waals surface area contributed by atoms with Crippen molar-refractivity contribution < 1.29 is 14.4 Å². The Morgan fingerprint density at radius 2 is 1.67 bits per heavy atom. The number of amides is 4. The fourth-order valence-corrected chi connectivity index (χ4v) is 2.61. The summed E-state index contributed by atoms with van der Waals surface area (Å²) >= 11 is 0. The molecule has 1 aliphatic heterocycles. The molecule has 2 aliphatic rings. The maximum absolute atomic E-state index is 12.4. The molecule has 0 atom stereocenters. The minimum absolute atomic E-state index is 0.0695. The molecule has 1 fully saturated rings. The molecule has 0 bridgehead atoms. The van der Waals surface area contributed by atoms with Gasteiger partial charge in [-0.2, -0.15) is 0 Å². The molecule has 0 aromatic heterocycles. The van der Waals surface area contributed by atoms with E-state index in [4.69, 9.17) is 0 Å². The number of imide groups is 2. The molecule has 4 amide bonds. The highest BCUT2D eigenvalue weighted by molar-refractivity contribution is 6.21. The minimum atomic E-state index is -1.98. The zero-order chi connectivity index (χ0) is 15.6. The molecule has 0 N–H and O–H groups in total. The average Bonchev–Trinajstić information content (AvgIpc) is 2.50. The van der Waals surface area contributed by atoms with Crippen molar-refractivity contribution in [1.29, 1.82) is 0 Å². The second-order valence-electron chi connectivity index (χ2n) is 4.67. The Bertz CT molecular complexity index is 552. The Kier molecular flexibility index (Phi) is 3.74. The van der Waals surface area contributed by atoms with Crippen LogP contribution in [0, 0.1) is 15.2 Å². The summed E-state index contributed by atoms with van der Waals surface area (Å²) in [6.07, 6.45) is 5.39. The smallest absolute Gasteiger partial charge is 0.270 e. The number of urea groups is 1. The molecule has 1 aliphatic carbocycles. The summed E-state index contributed by atoms with van der Waals surface area (Å²) in [5.41, 5.74) is -1.58. The van der Waals surface area contributed by atoms with Crippen molar-refractivity contribution >= 4 is 17.8 Å². The molecule has 0 radical (unpaired) electrons. The number of allylic oxidation sites excluding steroid dienone is 1. The Morgan fingerprint density at radius 1 is 1.10 bits per heavy atom. The van der Waals surface area contributed by atoms with Crippen LogP contribution in [-0.4, -0.2) is 27.9 Å². The fourth-order valence-electron chi connectivity index (χ4n) is 2.61. The molecule has 0 aromatic carbocycles. The van der Waals surface area contributed by atoms with E-state index in [1.807, 2.05) is 0 Å². The highest BCUT2D eigenvalue weighted by atomic mass is 16.3. The lowest BCUT2D eigenvalue weighted by Crippen LogP contribution is -2.62. The van der Waals surface area contributed by atoms with Crippen LogP contribution in [0.5, 0.6) is 0 Å². The molecule has 21 heavy (non-hydrogen) atoms. The van der Waals surface area contributed by atoms with Crippen molar-refractivity contribution in [2.75, 3.05) is 0 Å². The number of hydrogen-bond acceptors (Lipinski definition) is 7. The second-order valence-corrected chi connectivity index (χ2v) is 4.67. The zero-order valence-electron chi connectivity index (χ0n) is 11.0. The predicted molar refractivity (Wildman–Crippen MR) is 69.9 cm³/mol. The van der Waals surface area contributed by atoms with Gasteiger partial charge in [-0.15, -0.1) is 26.4 Å². The van der Waals surface area contributed by atoms with E-state index in [1.165, 1.54) is 0 Å². The summed E-state index contributed by atoms with van der Waals surface area (Å²) in [6, 6.07) is -1.48. The van der Waals surface area contributed by atoms with Crippen LogP contribution in [0.2, 0.25) is 0 Å². The summed E-state index contributed by atoms with van der Waals surface area (Å²) in [6.45, 7) is 3.46. The Hall–Kier alpha value is -2.71. The van der Waals surface area contributed by atoms with Crippen LogP contribution >= 0.6 is 0 Å². The SMILES string of the molecule is C=CC1(C2=CCCCC2)C(=O)N(N=O)C(=O)N(N=O)C1=O. The molecule has 2 rings (SSSR count). The monoisotopic (exact) mass is 292 g/mol. The largest absolute Gasteiger partial charge is 0.380 e. The standard InChI is InChI=1S/C12H12N4O5/c1-2-12(8-6-4-3-5-7-8)9(17)15(13-20)11(19)16(14-21)10(12)18/h2,6H,1,3-5,7H2. The summed E-state index contributed by atoms with van der Waals surface area (Å²) < 4.78 is 0. The van der Waals surface area contributed by atoms with Gasteiger partial charge in [-0.1, -0.05) is 12.2 Å². The highest BCUT2D eigenvalue weighted by Gasteiger charge is 2.59. The summed E-state index contributed by atoms with van der Waals surface area (Å²) in [5.74, 6) is -2.26. The quantitative estimate of drug-likeness (QED) is 0.445. The second kappa shape index (κ2) is 5.35. The molecule has 110 valence electrons. The first-order chi connectivity index (χ1) is 10.0. The van der Waals surface area contributed by atoms with Gasteiger partial charge >= 0.3 is 6.03 Å². The van der Waals surface area contributed by atoms with Gasteiger partial charge in [0.2, 0.25) is 0 Å². The first kappa shape index (κ1) is 14.7. The van der Waals surface area contributed by atoms with Crippen LogP contribution in [0.15, 0.2) is 34.9 Å². The van der Waals surface area contributed by atoms with E-state index in [0.717, 1.165) is 18.9 Å². The molecule has 0 spiro atoms. The number of rotatable bonds is 4. The van der Waals surface area contributed by atoms with E-state index >= 15 is 0 Å². The van der Waals surface area contributed by atoms with Gasteiger partial charge in [-0.25, -0.2) is 4.79 Å². The Labute approximate surface area is 119 Å². The van der Waals surface area contributed by atoms with Crippen molar-refractivity contribution in [2.45, 2.75) is 25.7 Å². The van der Waals surface area contributed by atoms with Gasteiger partial charge in [0.1, 0.15) is 0 Å². The van der Waals surface area contributed by atoms with E-state index in [9.17, 15) is 24.2 Å². The third kappa shape index (κ3) is 1.89. The van der Waals surface area contributed by atoms with Gasteiger partial charge in [0.25, 0.3) is 11.8 Å². The summed E-state index contributed by atoms with van der Waals surface area (Å²) in [4.78, 5) is 57.9. The summed E-state index contributed by atoms with van der Waals surface area (Å²) in [5, 5.41) is 4.45. The molecular formula is C12H12N4O5. The van der Waals surface area contributed by atoms with E-state index < -0.39 is 23.3 Å². The van der Waals surface area contributed by atoms with Gasteiger partial charge in [0.05, 0.1) is 10.6 Å².